The molecular weight excluding hydrogens is 1170 g/mol. The fourth-order valence-electron chi connectivity index (χ4n) is 10.1. The Labute approximate surface area is 540 Å². The van der Waals surface area contributed by atoms with E-state index < -0.39 is 107 Å². The van der Waals surface area contributed by atoms with Crippen LogP contribution in [0.3, 0.4) is 0 Å². The highest BCUT2D eigenvalue weighted by Gasteiger charge is 2.34. The summed E-state index contributed by atoms with van der Waals surface area (Å²) in [6.07, 6.45) is 9.14. The Bertz CT molecular complexity index is 2730. The van der Waals surface area contributed by atoms with E-state index in [0.717, 1.165) is 22.3 Å². The van der Waals surface area contributed by atoms with Gasteiger partial charge in [-0.25, -0.2) is 0 Å². The van der Waals surface area contributed by atoms with Gasteiger partial charge in [0.15, 0.2) is 0 Å². The van der Waals surface area contributed by atoms with Crippen LogP contribution in [0, 0.1) is 0 Å². The predicted molar refractivity (Wildman–Crippen MR) is 354 cm³/mol. The zero-order chi connectivity index (χ0) is 66.9. The molecule has 0 radical (unpaired) electrons. The summed E-state index contributed by atoms with van der Waals surface area (Å²) >= 11 is 0. The molecule has 4 aromatic rings. The third-order valence-electron chi connectivity index (χ3n) is 15.3. The number of carbonyl (C=O) groups excluding carboxylic acids is 10. The van der Waals surface area contributed by atoms with Crippen LogP contribution in [0.4, 0.5) is 0 Å². The predicted octanol–water partition coefficient (Wildman–Crippen LogP) is 1.44. The maximum absolute atomic E-state index is 14.3. The molecule has 0 unspecified atom stereocenters. The Morgan fingerprint density at radius 1 is 0.293 bits per heavy atom. The number of allylic oxidation sites excluding steroid dienone is 2. The lowest BCUT2D eigenvalue weighted by Gasteiger charge is -2.26. The largest absolute Gasteiger partial charge is 0.368 e. The number of primary amides is 2. The summed E-state index contributed by atoms with van der Waals surface area (Å²) < 4.78 is 0. The summed E-state index contributed by atoms with van der Waals surface area (Å²) in [5.74, 6) is -6.28. The van der Waals surface area contributed by atoms with E-state index in [1.807, 2.05) is 24.3 Å². The van der Waals surface area contributed by atoms with Crippen molar-refractivity contribution in [3.63, 3.8) is 0 Å². The van der Waals surface area contributed by atoms with Crippen molar-refractivity contribution in [1.82, 2.24) is 42.5 Å². The molecule has 8 atom stereocenters. The highest BCUT2D eigenvalue weighted by molar-refractivity contribution is 5.97. The molecule has 24 nitrogen and oxygen atoms in total. The van der Waals surface area contributed by atoms with Gasteiger partial charge in [0.1, 0.15) is 48.3 Å². The fraction of sp³-hybridized carbons (Fsp3) is 0.471. The number of hydrogen-bond acceptors (Lipinski definition) is 14. The SMILES string of the molecule is NCCCC[C@H](NC(=O)[C@H](Cc1ccccc1)NC(=O)[C@H](CCCCN)NC(=O)[C@H](Cc1ccccc1)NC(=O)CC/C=C/CCC(=O)N[C@@H](Cc1ccccc1)C(=O)N[C@@H](CCCCN)C(=O)N[C@@H](Cc1ccccc1)C(=O)N[C@@H](CCCCN)C(N)=O)C(N)=O. The quantitative estimate of drug-likeness (QED) is 0.0220. The summed E-state index contributed by atoms with van der Waals surface area (Å²) in [5, 5.41) is 22.4. The van der Waals surface area contributed by atoms with E-state index >= 15 is 0 Å². The topological polar surface area (TPSA) is 423 Å². The van der Waals surface area contributed by atoms with Crippen molar-refractivity contribution in [2.24, 2.45) is 34.4 Å². The van der Waals surface area contributed by atoms with Crippen LogP contribution in [-0.4, -0.2) is 134 Å². The molecule has 0 bridgehead atoms. The second kappa shape index (κ2) is 43.8. The molecule has 92 heavy (non-hydrogen) atoms. The number of amides is 10. The summed E-state index contributed by atoms with van der Waals surface area (Å²) in [4.78, 5) is 137. The molecule has 0 aliphatic carbocycles. The van der Waals surface area contributed by atoms with Gasteiger partial charge in [-0.3, -0.25) is 47.9 Å². The highest BCUT2D eigenvalue weighted by atomic mass is 16.2. The average molecular weight is 1270 g/mol. The molecule has 10 amide bonds. The van der Waals surface area contributed by atoms with Gasteiger partial charge in [-0.15, -0.1) is 0 Å². The lowest BCUT2D eigenvalue weighted by atomic mass is 10.0. The van der Waals surface area contributed by atoms with Crippen molar-refractivity contribution >= 4 is 59.1 Å². The Morgan fingerprint density at radius 3 is 0.761 bits per heavy atom. The van der Waals surface area contributed by atoms with E-state index in [0.29, 0.717) is 77.5 Å². The maximum atomic E-state index is 14.3. The van der Waals surface area contributed by atoms with Gasteiger partial charge < -0.3 is 76.9 Å². The van der Waals surface area contributed by atoms with Gasteiger partial charge in [-0.1, -0.05) is 133 Å². The van der Waals surface area contributed by atoms with Gasteiger partial charge in [0.25, 0.3) is 0 Å². The van der Waals surface area contributed by atoms with Crippen LogP contribution in [0.1, 0.15) is 125 Å². The van der Waals surface area contributed by atoms with Crippen LogP contribution in [0.2, 0.25) is 0 Å². The summed E-state index contributed by atoms with van der Waals surface area (Å²) in [5.41, 5.74) is 37.2. The molecule has 4 rings (SSSR count). The second-order valence-electron chi connectivity index (χ2n) is 22.9. The van der Waals surface area contributed by atoms with Gasteiger partial charge in [0.2, 0.25) is 59.1 Å². The first-order chi connectivity index (χ1) is 44.4. The van der Waals surface area contributed by atoms with Crippen molar-refractivity contribution in [1.29, 1.82) is 0 Å². The lowest BCUT2D eigenvalue weighted by Crippen LogP contribution is -2.58. The first-order valence-corrected chi connectivity index (χ1v) is 32.1. The molecule has 0 fully saturated rings. The zero-order valence-corrected chi connectivity index (χ0v) is 52.8. The number of hydrogen-bond donors (Lipinski definition) is 14. The van der Waals surface area contributed by atoms with Crippen LogP contribution >= 0.6 is 0 Å². The van der Waals surface area contributed by atoms with E-state index in [1.54, 1.807) is 109 Å². The van der Waals surface area contributed by atoms with E-state index in [1.165, 1.54) is 0 Å². The Morgan fingerprint density at radius 2 is 0.511 bits per heavy atom. The third kappa shape index (κ3) is 29.9. The molecule has 0 saturated carbocycles. The summed E-state index contributed by atoms with van der Waals surface area (Å²) in [7, 11) is 0. The standard InChI is InChI=1S/C68H98N14O10/c69-39-21-17-33-51(61(73)85)77-67(91)57(45-49-29-11-5-12-30-49)81-63(87)53(35-19-23-41-71)79-65(89)55(43-47-25-7-3-8-26-47)75-59(83)37-15-1-2-16-38-60(84)76-56(44-48-27-9-4-10-28-48)66(90)80-54(36-20-24-42-72)64(88)82-58(46-50-31-13-6-14-32-50)68(92)78-52(62(74)86)34-18-22-40-70/h1-14,25-32,51-58H,15-24,33-46,69-72H2,(H2,73,85)(H2,74,86)(H,75,83)(H,76,84)(H,77,91)(H,78,92)(H,79,89)(H,80,90)(H,81,87)(H,82,88)/b2-1+/t51-,52-,53-,54-,55-,56-,57-,58-/m0/s1. The monoisotopic (exact) mass is 1270 g/mol. The molecule has 24 heteroatoms. The molecule has 0 aliphatic heterocycles. The van der Waals surface area contributed by atoms with Crippen LogP contribution in [0.5, 0.6) is 0 Å². The molecule has 20 N–H and O–H groups in total. The number of nitrogens with two attached hydrogens (primary N) is 6. The number of unbranched alkanes of at least 4 members (excludes halogenated alkanes) is 4. The smallest absolute Gasteiger partial charge is 0.243 e. The zero-order valence-electron chi connectivity index (χ0n) is 52.8. The van der Waals surface area contributed by atoms with Crippen LogP contribution in [0.25, 0.3) is 0 Å². The molecule has 0 aliphatic rings. The summed E-state index contributed by atoms with van der Waals surface area (Å²) in [6.45, 7) is 1.43. The number of carbonyl (C=O) groups is 10. The molecule has 0 heterocycles. The average Bonchev–Trinajstić information content (AvgIpc) is 1.69. The number of nitrogens with one attached hydrogen (secondary N) is 8. The molecule has 0 saturated heterocycles. The fourth-order valence-corrected chi connectivity index (χ4v) is 10.1. The minimum absolute atomic E-state index is 0.0450. The van der Waals surface area contributed by atoms with Gasteiger partial charge in [-0.2, -0.15) is 0 Å². The highest BCUT2D eigenvalue weighted by Crippen LogP contribution is 2.14. The van der Waals surface area contributed by atoms with E-state index in [4.69, 9.17) is 34.4 Å². The normalized spacial score (nSPS) is 13.7. The van der Waals surface area contributed by atoms with E-state index in [2.05, 4.69) is 42.5 Å². The van der Waals surface area contributed by atoms with E-state index in [-0.39, 0.29) is 77.0 Å². The van der Waals surface area contributed by atoms with Crippen molar-refractivity contribution < 1.29 is 47.9 Å². The first-order valence-electron chi connectivity index (χ1n) is 32.1. The van der Waals surface area contributed by atoms with Crippen molar-refractivity contribution in [3.05, 3.63) is 156 Å². The van der Waals surface area contributed by atoms with Crippen LogP contribution < -0.4 is 76.9 Å². The Hall–Kier alpha value is -8.84. The minimum atomic E-state index is -1.17. The third-order valence-corrected chi connectivity index (χ3v) is 15.3. The van der Waals surface area contributed by atoms with Gasteiger partial charge >= 0.3 is 0 Å². The van der Waals surface area contributed by atoms with E-state index in [9.17, 15) is 47.9 Å². The van der Waals surface area contributed by atoms with Crippen molar-refractivity contribution in [2.45, 2.75) is 177 Å². The Balaban J connectivity index is 1.44. The Kier molecular flexibility index (Phi) is 36.0. The number of benzene rings is 4. The van der Waals surface area contributed by atoms with Gasteiger partial charge in [-0.05, 0) is 138 Å². The lowest BCUT2D eigenvalue weighted by molar-refractivity contribution is -0.134. The second-order valence-corrected chi connectivity index (χ2v) is 22.9. The molecule has 0 aromatic heterocycles. The van der Waals surface area contributed by atoms with Gasteiger partial charge in [0.05, 0.1) is 0 Å². The molecule has 4 aromatic carbocycles. The maximum Gasteiger partial charge on any atom is 0.243 e. The first kappa shape index (κ1) is 75.6. The van der Waals surface area contributed by atoms with Crippen molar-refractivity contribution in [3.8, 4) is 0 Å². The number of rotatable bonds is 46. The van der Waals surface area contributed by atoms with Crippen molar-refractivity contribution in [2.75, 3.05) is 26.2 Å². The summed E-state index contributed by atoms with van der Waals surface area (Å²) in [6, 6.07) is 27.1. The molecular formula is C68H98N14O10. The van der Waals surface area contributed by atoms with Crippen LogP contribution in [0.15, 0.2) is 133 Å². The molecule has 500 valence electrons. The molecule has 0 spiro atoms. The minimum Gasteiger partial charge on any atom is -0.368 e. The van der Waals surface area contributed by atoms with Crippen LogP contribution in [-0.2, 0) is 73.6 Å². The van der Waals surface area contributed by atoms with Gasteiger partial charge in [0, 0.05) is 38.5 Å².